The number of halogens is 1. The number of hydrogen-bond donors (Lipinski definition) is 3. The molecule has 1 aliphatic rings. The maximum Gasteiger partial charge on any atom is 0.158 e. The quantitative estimate of drug-likeness (QED) is 0.506. The monoisotopic (exact) mass is 441 g/mol. The molecule has 10 nitrogen and oxygen atoms in total. The van der Waals surface area contributed by atoms with E-state index >= 15 is 0 Å². The van der Waals surface area contributed by atoms with Crippen molar-refractivity contribution in [3.63, 3.8) is 0 Å². The summed E-state index contributed by atoms with van der Waals surface area (Å²) >= 11 is 6.46. The number of rotatable bonds is 7. The Balaban J connectivity index is 1.58. The minimum atomic E-state index is -0.0715. The summed E-state index contributed by atoms with van der Waals surface area (Å²) in [7, 11) is 1.58. The van der Waals surface area contributed by atoms with Gasteiger partial charge in [-0.1, -0.05) is 11.6 Å². The fraction of sp³-hybridized carbons (Fsp3) is 0.300. The van der Waals surface area contributed by atoms with Crippen LogP contribution in [0.4, 0.5) is 11.6 Å². The third-order valence-corrected chi connectivity index (χ3v) is 4.88. The zero-order valence-corrected chi connectivity index (χ0v) is 17.4. The van der Waals surface area contributed by atoms with Gasteiger partial charge in [0.25, 0.3) is 0 Å². The SMILES string of the molecule is COc1ccc(Cl)c(OC[C@@H]2CNCCO2)c1-c1cc(Nc2cnc(C#N)cn2)n[nH]1. The summed E-state index contributed by atoms with van der Waals surface area (Å²) in [5.74, 6) is 2.01. The molecule has 1 aliphatic heterocycles. The average Bonchev–Trinajstić information content (AvgIpc) is 3.27. The van der Waals surface area contributed by atoms with Crippen LogP contribution in [-0.2, 0) is 4.74 Å². The number of benzene rings is 1. The van der Waals surface area contributed by atoms with Crippen LogP contribution in [0.3, 0.4) is 0 Å². The first-order chi connectivity index (χ1) is 15.2. The molecule has 0 saturated carbocycles. The summed E-state index contributed by atoms with van der Waals surface area (Å²) in [6, 6.07) is 7.19. The van der Waals surface area contributed by atoms with E-state index in [1.165, 1.54) is 12.4 Å². The summed E-state index contributed by atoms with van der Waals surface area (Å²) in [5.41, 5.74) is 1.52. The van der Waals surface area contributed by atoms with E-state index in [0.29, 0.717) is 59.2 Å². The van der Waals surface area contributed by atoms with Crippen LogP contribution in [0.1, 0.15) is 5.69 Å². The van der Waals surface area contributed by atoms with Crippen LogP contribution in [0.15, 0.2) is 30.6 Å². The molecule has 2 aromatic heterocycles. The first-order valence-corrected chi connectivity index (χ1v) is 9.92. The molecule has 1 saturated heterocycles. The molecule has 3 N–H and O–H groups in total. The molecule has 11 heteroatoms. The molecule has 4 rings (SSSR count). The fourth-order valence-electron chi connectivity index (χ4n) is 3.10. The second-order valence-electron chi connectivity index (χ2n) is 6.65. The van der Waals surface area contributed by atoms with Crippen molar-refractivity contribution in [2.24, 2.45) is 0 Å². The third kappa shape index (κ3) is 4.86. The van der Waals surface area contributed by atoms with Crippen LogP contribution in [0, 0.1) is 11.3 Å². The van der Waals surface area contributed by atoms with Gasteiger partial charge in [0.1, 0.15) is 30.3 Å². The normalized spacial score (nSPS) is 15.8. The van der Waals surface area contributed by atoms with Gasteiger partial charge in [0, 0.05) is 19.2 Å². The van der Waals surface area contributed by atoms with E-state index in [4.69, 9.17) is 31.1 Å². The minimum Gasteiger partial charge on any atom is -0.496 e. The molecule has 0 spiro atoms. The molecular formula is C20H20ClN7O3. The zero-order chi connectivity index (χ0) is 21.6. The van der Waals surface area contributed by atoms with Gasteiger partial charge in [0.15, 0.2) is 17.3 Å². The molecule has 0 radical (unpaired) electrons. The first kappa shape index (κ1) is 20.9. The number of aromatic nitrogens is 4. The molecule has 0 bridgehead atoms. The number of H-pyrrole nitrogens is 1. The maximum atomic E-state index is 8.84. The third-order valence-electron chi connectivity index (χ3n) is 4.58. The molecule has 3 aromatic rings. The Hall–Kier alpha value is -3.39. The Labute approximate surface area is 183 Å². The van der Waals surface area contributed by atoms with Crippen LogP contribution in [0.5, 0.6) is 11.5 Å². The lowest BCUT2D eigenvalue weighted by Crippen LogP contribution is -2.41. The lowest BCUT2D eigenvalue weighted by atomic mass is 10.1. The number of aromatic amines is 1. The maximum absolute atomic E-state index is 8.84. The molecule has 1 fully saturated rings. The van der Waals surface area contributed by atoms with Crippen molar-refractivity contribution in [2.45, 2.75) is 6.10 Å². The molecule has 31 heavy (non-hydrogen) atoms. The van der Waals surface area contributed by atoms with Crippen LogP contribution in [0.25, 0.3) is 11.3 Å². The summed E-state index contributed by atoms with van der Waals surface area (Å²) in [5, 5.41) is 22.8. The van der Waals surface area contributed by atoms with Gasteiger partial charge in [-0.25, -0.2) is 9.97 Å². The van der Waals surface area contributed by atoms with Crippen LogP contribution < -0.4 is 20.1 Å². The highest BCUT2D eigenvalue weighted by Crippen LogP contribution is 2.43. The molecule has 1 atom stereocenters. The van der Waals surface area contributed by atoms with E-state index in [9.17, 15) is 0 Å². The number of nitriles is 1. The topological polar surface area (TPSA) is 130 Å². The highest BCUT2D eigenvalue weighted by molar-refractivity contribution is 6.32. The minimum absolute atomic E-state index is 0.0715. The predicted octanol–water partition coefficient (Wildman–Crippen LogP) is 2.51. The number of methoxy groups -OCH3 is 1. The van der Waals surface area contributed by atoms with Gasteiger partial charge in [-0.3, -0.25) is 5.10 Å². The molecule has 0 unspecified atom stereocenters. The van der Waals surface area contributed by atoms with Crippen molar-refractivity contribution in [2.75, 3.05) is 38.7 Å². The van der Waals surface area contributed by atoms with Gasteiger partial charge in [-0.2, -0.15) is 10.4 Å². The molecular weight excluding hydrogens is 422 g/mol. The summed E-state index contributed by atoms with van der Waals surface area (Å²) < 4.78 is 17.3. The van der Waals surface area contributed by atoms with E-state index in [1.807, 2.05) is 6.07 Å². The number of hydrogen-bond acceptors (Lipinski definition) is 9. The van der Waals surface area contributed by atoms with Crippen molar-refractivity contribution in [1.29, 1.82) is 5.26 Å². The number of morpholine rings is 1. The summed E-state index contributed by atoms with van der Waals surface area (Å²) in [6.07, 6.45) is 2.77. The van der Waals surface area contributed by atoms with E-state index in [1.54, 1.807) is 25.3 Å². The van der Waals surface area contributed by atoms with Crippen LogP contribution in [-0.4, -0.2) is 59.7 Å². The average molecular weight is 442 g/mol. The van der Waals surface area contributed by atoms with Gasteiger partial charge in [0.05, 0.1) is 42.4 Å². The Morgan fingerprint density at radius 2 is 2.23 bits per heavy atom. The highest BCUT2D eigenvalue weighted by Gasteiger charge is 2.21. The van der Waals surface area contributed by atoms with Gasteiger partial charge in [0.2, 0.25) is 0 Å². The molecule has 1 aromatic carbocycles. The lowest BCUT2D eigenvalue weighted by Gasteiger charge is -2.24. The van der Waals surface area contributed by atoms with Crippen LogP contribution >= 0.6 is 11.6 Å². The number of anilines is 2. The van der Waals surface area contributed by atoms with E-state index in [2.05, 4.69) is 30.8 Å². The Kier molecular flexibility index (Phi) is 6.47. The summed E-state index contributed by atoms with van der Waals surface area (Å²) in [4.78, 5) is 8.11. The zero-order valence-electron chi connectivity index (χ0n) is 16.7. The van der Waals surface area contributed by atoms with Crippen molar-refractivity contribution < 1.29 is 14.2 Å². The lowest BCUT2D eigenvalue weighted by molar-refractivity contribution is 0.000303. The van der Waals surface area contributed by atoms with Crippen molar-refractivity contribution in [1.82, 2.24) is 25.5 Å². The predicted molar refractivity (Wildman–Crippen MR) is 114 cm³/mol. The first-order valence-electron chi connectivity index (χ1n) is 9.54. The van der Waals surface area contributed by atoms with Crippen molar-refractivity contribution in [3.05, 3.63) is 41.3 Å². The molecule has 0 aliphatic carbocycles. The van der Waals surface area contributed by atoms with Crippen molar-refractivity contribution >= 4 is 23.2 Å². The largest absolute Gasteiger partial charge is 0.496 e. The fourth-order valence-corrected chi connectivity index (χ4v) is 3.32. The smallest absolute Gasteiger partial charge is 0.158 e. The highest BCUT2D eigenvalue weighted by atomic mass is 35.5. The summed E-state index contributed by atoms with van der Waals surface area (Å²) in [6.45, 7) is 2.52. The van der Waals surface area contributed by atoms with E-state index in [-0.39, 0.29) is 11.8 Å². The molecule has 160 valence electrons. The number of nitrogens with zero attached hydrogens (tertiary/aromatic N) is 4. The second kappa shape index (κ2) is 9.61. The van der Waals surface area contributed by atoms with Gasteiger partial charge >= 0.3 is 0 Å². The van der Waals surface area contributed by atoms with Gasteiger partial charge in [-0.15, -0.1) is 0 Å². The molecule has 0 amide bonds. The standard InChI is InChI=1S/C20H20ClN7O3/c1-29-16-3-2-14(21)20(31-11-13-9-23-4-5-30-13)19(16)15-6-17(28-27-15)26-18-10-24-12(7-22)8-25-18/h2-3,6,8,10,13,23H,4-5,9,11H2,1H3,(H2,25,26,27,28)/t13-/m0/s1. The van der Waals surface area contributed by atoms with Crippen molar-refractivity contribution in [3.8, 4) is 28.8 Å². The van der Waals surface area contributed by atoms with Gasteiger partial charge in [-0.05, 0) is 12.1 Å². The molecule has 3 heterocycles. The van der Waals surface area contributed by atoms with Gasteiger partial charge < -0.3 is 24.8 Å². The van der Waals surface area contributed by atoms with E-state index < -0.39 is 0 Å². The number of nitrogens with one attached hydrogen (secondary N) is 3. The number of ether oxygens (including phenoxy) is 3. The Morgan fingerprint density at radius 3 is 2.94 bits per heavy atom. The second-order valence-corrected chi connectivity index (χ2v) is 7.06. The van der Waals surface area contributed by atoms with E-state index in [0.717, 1.165) is 6.54 Å². The Morgan fingerprint density at radius 1 is 1.32 bits per heavy atom. The van der Waals surface area contributed by atoms with Crippen LogP contribution in [0.2, 0.25) is 5.02 Å². The Bertz CT molecular complexity index is 1080.